The van der Waals surface area contributed by atoms with Gasteiger partial charge >= 0.3 is 0 Å². The van der Waals surface area contributed by atoms with Crippen LogP contribution in [0.15, 0.2) is 83.5 Å². The Morgan fingerprint density at radius 2 is 1.80 bits per heavy atom. The van der Waals surface area contributed by atoms with Gasteiger partial charge in [-0.15, -0.1) is 0 Å². The lowest BCUT2D eigenvalue weighted by molar-refractivity contribution is 0.173. The van der Waals surface area contributed by atoms with Crippen LogP contribution in [-0.2, 0) is 11.4 Å². The zero-order valence-electron chi connectivity index (χ0n) is 17.8. The highest BCUT2D eigenvalue weighted by atomic mass is 16.6. The number of aliphatic imine (C=N–C) groups is 1. The summed E-state index contributed by atoms with van der Waals surface area (Å²) in [5.41, 5.74) is 4.76. The summed E-state index contributed by atoms with van der Waals surface area (Å²) in [6.07, 6.45) is 3.65. The second-order valence-electron chi connectivity index (χ2n) is 6.34. The third-order valence-corrected chi connectivity index (χ3v) is 4.20. The molecule has 0 aliphatic carbocycles. The van der Waals surface area contributed by atoms with Gasteiger partial charge in [-0.3, -0.25) is 9.83 Å². The zero-order valence-corrected chi connectivity index (χ0v) is 17.8. The van der Waals surface area contributed by atoms with E-state index in [1.165, 1.54) is 0 Å². The number of hydrogen-bond donors (Lipinski definition) is 1. The molecule has 0 saturated carbocycles. The van der Waals surface area contributed by atoms with Crippen LogP contribution in [0.25, 0.3) is 16.5 Å². The molecule has 0 aliphatic heterocycles. The molecular weight excluding hydrogens is 374 g/mol. The van der Waals surface area contributed by atoms with Gasteiger partial charge < -0.3 is 4.74 Å². The van der Waals surface area contributed by atoms with Crippen molar-refractivity contribution in [3.8, 4) is 5.75 Å². The lowest BCUT2D eigenvalue weighted by Gasteiger charge is -2.10. The van der Waals surface area contributed by atoms with E-state index in [9.17, 15) is 0 Å². The Morgan fingerprint density at radius 3 is 2.50 bits per heavy atom. The number of pyridine rings is 1. The van der Waals surface area contributed by atoms with Crippen molar-refractivity contribution >= 4 is 23.2 Å². The molecule has 2 N–H and O–H groups in total. The van der Waals surface area contributed by atoms with Crippen molar-refractivity contribution in [3.05, 3.63) is 89.8 Å². The molecule has 156 valence electrons. The molecule has 0 amide bonds. The van der Waals surface area contributed by atoms with Gasteiger partial charge in [0.05, 0.1) is 17.8 Å². The van der Waals surface area contributed by atoms with Crippen molar-refractivity contribution in [1.29, 1.82) is 0 Å². The fourth-order valence-electron chi connectivity index (χ4n) is 2.87. The first kappa shape index (κ1) is 23.0. The molecule has 5 heteroatoms. The van der Waals surface area contributed by atoms with E-state index in [1.54, 1.807) is 6.20 Å². The number of nitrogens with zero attached hydrogens (tertiary/aromatic N) is 2. The van der Waals surface area contributed by atoms with Crippen LogP contribution in [0.4, 0.5) is 0 Å². The first-order valence-electron chi connectivity index (χ1n) is 9.92. The van der Waals surface area contributed by atoms with Crippen molar-refractivity contribution in [2.45, 2.75) is 27.4 Å². The molecule has 0 bridgehead atoms. The zero-order chi connectivity index (χ0) is 21.8. The summed E-state index contributed by atoms with van der Waals surface area (Å²) in [5, 5.41) is 1.12. The van der Waals surface area contributed by atoms with Crippen molar-refractivity contribution in [2.24, 2.45) is 10.9 Å². The van der Waals surface area contributed by atoms with Crippen LogP contribution in [0.2, 0.25) is 0 Å². The summed E-state index contributed by atoms with van der Waals surface area (Å²) in [4.78, 5) is 13.2. The summed E-state index contributed by atoms with van der Waals surface area (Å²) < 4.78 is 5.88. The van der Waals surface area contributed by atoms with E-state index in [0.717, 1.165) is 39.1 Å². The van der Waals surface area contributed by atoms with Crippen LogP contribution in [0.1, 0.15) is 32.0 Å². The van der Waals surface area contributed by atoms with Gasteiger partial charge in [-0.05, 0) is 54.6 Å². The van der Waals surface area contributed by atoms with Crippen LogP contribution in [0.3, 0.4) is 0 Å². The molecule has 0 aliphatic rings. The number of para-hydroxylation sites is 1. The number of hydrogen-bond acceptors (Lipinski definition) is 5. The van der Waals surface area contributed by atoms with E-state index >= 15 is 0 Å². The smallest absolute Gasteiger partial charge is 0.130 e. The first-order valence-corrected chi connectivity index (χ1v) is 9.92. The molecule has 0 spiro atoms. The molecule has 2 aromatic carbocycles. The minimum atomic E-state index is 0.295. The van der Waals surface area contributed by atoms with Crippen LogP contribution < -0.4 is 10.6 Å². The number of allylic oxidation sites excluding steroid dienone is 2. The van der Waals surface area contributed by atoms with E-state index in [-0.39, 0.29) is 0 Å². The van der Waals surface area contributed by atoms with Gasteiger partial charge in [-0.2, -0.15) is 0 Å². The van der Waals surface area contributed by atoms with E-state index in [0.29, 0.717) is 13.2 Å². The standard InChI is InChI=1S/C23H23N3O2.C2H6/c1-17(14-25-2)13-20(15-28-24)18-8-11-22(12-9-18)27-16-21-10-7-19-5-3-4-6-23(19)26-21;1-2/h3-14H,2,15-16,24H2,1H3;1-2H3/b17-14+,20-13-;. The van der Waals surface area contributed by atoms with E-state index in [2.05, 4.69) is 22.8 Å². The third-order valence-electron chi connectivity index (χ3n) is 4.20. The van der Waals surface area contributed by atoms with Crippen molar-refractivity contribution in [1.82, 2.24) is 4.98 Å². The number of benzene rings is 2. The lowest BCUT2D eigenvalue weighted by Crippen LogP contribution is -2.04. The molecule has 3 rings (SSSR count). The van der Waals surface area contributed by atoms with Crippen molar-refractivity contribution in [2.75, 3.05) is 6.61 Å². The van der Waals surface area contributed by atoms with Gasteiger partial charge in [0.25, 0.3) is 0 Å². The van der Waals surface area contributed by atoms with Gasteiger partial charge in [-0.1, -0.05) is 56.3 Å². The maximum atomic E-state index is 5.88. The Hall–Kier alpha value is -3.28. The molecule has 0 unspecified atom stereocenters. The molecule has 30 heavy (non-hydrogen) atoms. The predicted molar refractivity (Wildman–Crippen MR) is 125 cm³/mol. The van der Waals surface area contributed by atoms with Crippen molar-refractivity contribution in [3.63, 3.8) is 0 Å². The molecule has 1 heterocycles. The molecule has 0 radical (unpaired) electrons. The van der Waals surface area contributed by atoms with E-state index in [1.807, 2.05) is 81.4 Å². The van der Waals surface area contributed by atoms with Crippen LogP contribution >= 0.6 is 0 Å². The molecule has 3 aromatic rings. The third kappa shape index (κ3) is 6.65. The Morgan fingerprint density at radius 1 is 1.07 bits per heavy atom. The Balaban J connectivity index is 0.00000155. The maximum absolute atomic E-state index is 5.88. The molecule has 0 fully saturated rings. The summed E-state index contributed by atoms with van der Waals surface area (Å²) >= 11 is 0. The average Bonchev–Trinajstić information content (AvgIpc) is 2.79. The number of ether oxygens (including phenoxy) is 1. The number of fused-ring (bicyclic) bond motifs is 1. The molecule has 1 aromatic heterocycles. The fourth-order valence-corrected chi connectivity index (χ4v) is 2.87. The van der Waals surface area contributed by atoms with Gasteiger partial charge in [-0.25, -0.2) is 10.9 Å². The van der Waals surface area contributed by atoms with E-state index < -0.39 is 0 Å². The maximum Gasteiger partial charge on any atom is 0.130 e. The average molecular weight is 404 g/mol. The summed E-state index contributed by atoms with van der Waals surface area (Å²) in [7, 11) is 0. The number of nitrogens with two attached hydrogens (primary N) is 1. The Labute approximate surface area is 178 Å². The van der Waals surface area contributed by atoms with Crippen molar-refractivity contribution < 1.29 is 9.57 Å². The molecule has 5 nitrogen and oxygen atoms in total. The second-order valence-corrected chi connectivity index (χ2v) is 6.34. The van der Waals surface area contributed by atoms with Gasteiger partial charge in [0.15, 0.2) is 0 Å². The van der Waals surface area contributed by atoms with Crippen LogP contribution in [0, 0.1) is 0 Å². The van der Waals surface area contributed by atoms with Gasteiger partial charge in [0.1, 0.15) is 12.4 Å². The highest BCUT2D eigenvalue weighted by Gasteiger charge is 2.04. The number of rotatable bonds is 8. The lowest BCUT2D eigenvalue weighted by atomic mass is 10.0. The highest BCUT2D eigenvalue weighted by Crippen LogP contribution is 2.21. The minimum absolute atomic E-state index is 0.295. The van der Waals surface area contributed by atoms with Gasteiger partial charge in [0, 0.05) is 11.6 Å². The Bertz CT molecular complexity index is 1010. The van der Waals surface area contributed by atoms with Crippen LogP contribution in [0.5, 0.6) is 5.75 Å². The highest BCUT2D eigenvalue weighted by molar-refractivity contribution is 5.78. The fraction of sp³-hybridized carbons (Fsp3) is 0.200. The van der Waals surface area contributed by atoms with Crippen LogP contribution in [-0.4, -0.2) is 18.3 Å². The van der Waals surface area contributed by atoms with Gasteiger partial charge in [0.2, 0.25) is 0 Å². The predicted octanol–water partition coefficient (Wildman–Crippen LogP) is 5.72. The summed E-state index contributed by atoms with van der Waals surface area (Å²) in [5.74, 6) is 6.04. The summed E-state index contributed by atoms with van der Waals surface area (Å²) in [6.45, 7) is 10.1. The summed E-state index contributed by atoms with van der Waals surface area (Å²) in [6, 6.07) is 19.9. The minimum Gasteiger partial charge on any atom is -0.487 e. The number of aromatic nitrogens is 1. The quantitative estimate of drug-likeness (QED) is 0.297. The van der Waals surface area contributed by atoms with E-state index in [4.69, 9.17) is 15.5 Å². The monoisotopic (exact) mass is 403 g/mol. The molecule has 0 atom stereocenters. The largest absolute Gasteiger partial charge is 0.487 e. The first-order chi connectivity index (χ1) is 14.7. The molecule has 0 saturated heterocycles. The second kappa shape index (κ2) is 12.3. The normalized spacial score (nSPS) is 11.6. The molecular formula is C25H29N3O2. The Kier molecular flexibility index (Phi) is 9.45. The topological polar surface area (TPSA) is 69.7 Å². The SMILES string of the molecule is C=N/C=C(C)/C=C(/CON)c1ccc(OCc2ccc3ccccc3n2)cc1.CC.